The summed E-state index contributed by atoms with van der Waals surface area (Å²) >= 11 is 0. The van der Waals surface area contributed by atoms with E-state index < -0.39 is 5.60 Å². The molecule has 32 heavy (non-hydrogen) atoms. The molecule has 0 radical (unpaired) electrons. The van der Waals surface area contributed by atoms with Gasteiger partial charge in [-0.05, 0) is 51.5 Å². The van der Waals surface area contributed by atoms with E-state index in [1.165, 1.54) is 0 Å². The Morgan fingerprint density at radius 3 is 2.94 bits per heavy atom. The third kappa shape index (κ3) is 5.61. The number of carbonyl (C=O) groups is 1. The van der Waals surface area contributed by atoms with E-state index in [0.717, 1.165) is 49.4 Å². The minimum atomic E-state index is -0.930. The molecule has 172 valence electrons. The number of ether oxygens (including phenoxy) is 2. The van der Waals surface area contributed by atoms with Gasteiger partial charge in [0.25, 0.3) is 0 Å². The van der Waals surface area contributed by atoms with E-state index in [9.17, 15) is 9.90 Å². The number of aliphatic hydroxyl groups is 1. The van der Waals surface area contributed by atoms with Gasteiger partial charge in [-0.1, -0.05) is 0 Å². The van der Waals surface area contributed by atoms with Crippen LogP contribution < -0.4 is 9.64 Å². The molecule has 3 heterocycles. The monoisotopic (exact) mass is 440 g/mol. The number of rotatable bonds is 9. The first kappa shape index (κ1) is 22.6. The average Bonchev–Trinajstić information content (AvgIpc) is 3.42. The summed E-state index contributed by atoms with van der Waals surface area (Å²) in [6, 6.07) is 3.54. The van der Waals surface area contributed by atoms with Gasteiger partial charge in [0.2, 0.25) is 0 Å². The Labute approximate surface area is 189 Å². The minimum Gasteiger partial charge on any atom is -0.490 e. The van der Waals surface area contributed by atoms with Crippen molar-refractivity contribution < 1.29 is 19.4 Å². The van der Waals surface area contributed by atoms with Crippen LogP contribution >= 0.6 is 0 Å². The molecule has 1 N–H and O–H groups in total. The number of ketones is 1. The SMILES string of the molecule is CN(CC(=O)C[C@@H]1CCOC1)c1nc(-c2cc(OCC(C)(C)O)ccn2)nc2c1CCC2. The molecule has 8 nitrogen and oxygen atoms in total. The highest BCUT2D eigenvalue weighted by Crippen LogP contribution is 2.31. The maximum atomic E-state index is 12.6. The average molecular weight is 441 g/mol. The third-order valence-corrected chi connectivity index (χ3v) is 5.78. The molecule has 0 amide bonds. The van der Waals surface area contributed by atoms with Crippen molar-refractivity contribution in [3.63, 3.8) is 0 Å². The summed E-state index contributed by atoms with van der Waals surface area (Å²) in [6.07, 6.45) is 6.01. The Morgan fingerprint density at radius 1 is 1.34 bits per heavy atom. The Balaban J connectivity index is 1.55. The second-order valence-electron chi connectivity index (χ2n) is 9.46. The molecule has 1 aliphatic heterocycles. The number of anilines is 1. The number of pyridine rings is 1. The van der Waals surface area contributed by atoms with Gasteiger partial charge in [-0.15, -0.1) is 0 Å². The number of hydrogen-bond acceptors (Lipinski definition) is 8. The lowest BCUT2D eigenvalue weighted by atomic mass is 10.0. The van der Waals surface area contributed by atoms with Crippen LogP contribution in [0.4, 0.5) is 5.82 Å². The van der Waals surface area contributed by atoms with Crippen LogP contribution in [0.5, 0.6) is 5.75 Å². The van der Waals surface area contributed by atoms with Crippen molar-refractivity contribution in [2.45, 2.75) is 51.6 Å². The van der Waals surface area contributed by atoms with Gasteiger partial charge in [-0.2, -0.15) is 0 Å². The van der Waals surface area contributed by atoms with Crippen LogP contribution in [-0.4, -0.2) is 64.9 Å². The molecule has 1 saturated heterocycles. The summed E-state index contributed by atoms with van der Waals surface area (Å²) in [4.78, 5) is 28.6. The lowest BCUT2D eigenvalue weighted by Gasteiger charge is -2.22. The van der Waals surface area contributed by atoms with Crippen LogP contribution in [0.25, 0.3) is 11.5 Å². The molecule has 0 aromatic carbocycles. The molecule has 2 aliphatic rings. The van der Waals surface area contributed by atoms with Gasteiger partial charge >= 0.3 is 0 Å². The molecule has 1 fully saturated rings. The summed E-state index contributed by atoms with van der Waals surface area (Å²) in [5.41, 5.74) is 1.83. The zero-order valence-corrected chi connectivity index (χ0v) is 19.1. The summed E-state index contributed by atoms with van der Waals surface area (Å²) < 4.78 is 11.1. The number of carbonyl (C=O) groups excluding carboxylic acids is 1. The highest BCUT2D eigenvalue weighted by atomic mass is 16.5. The highest BCUT2D eigenvalue weighted by Gasteiger charge is 2.25. The summed E-state index contributed by atoms with van der Waals surface area (Å²) in [5.74, 6) is 2.47. The zero-order valence-electron chi connectivity index (χ0n) is 19.1. The van der Waals surface area contributed by atoms with Crippen molar-refractivity contribution in [3.05, 3.63) is 29.6 Å². The molecule has 2 aromatic heterocycles. The number of aryl methyl sites for hydroxylation is 1. The van der Waals surface area contributed by atoms with Gasteiger partial charge in [0, 0.05) is 50.2 Å². The van der Waals surface area contributed by atoms with Crippen molar-refractivity contribution in [1.29, 1.82) is 0 Å². The van der Waals surface area contributed by atoms with Crippen LogP contribution in [0.2, 0.25) is 0 Å². The lowest BCUT2D eigenvalue weighted by Crippen LogP contribution is -2.29. The Kier molecular flexibility index (Phi) is 6.71. The first-order valence-electron chi connectivity index (χ1n) is 11.3. The van der Waals surface area contributed by atoms with Gasteiger partial charge in [0.1, 0.15) is 23.9 Å². The molecular formula is C24H32N4O4. The normalized spacial score (nSPS) is 17.9. The Hall–Kier alpha value is -2.58. The molecule has 2 aromatic rings. The van der Waals surface area contributed by atoms with E-state index in [1.54, 1.807) is 32.2 Å². The van der Waals surface area contributed by atoms with Crippen LogP contribution in [0.15, 0.2) is 18.3 Å². The van der Waals surface area contributed by atoms with Crippen molar-refractivity contribution in [3.8, 4) is 17.3 Å². The number of aromatic nitrogens is 3. The standard InChI is InChI=1S/C24H32N4O4/c1-24(2,30)15-32-18-7-9-25-21(12-18)22-26-20-6-4-5-19(20)23(27-22)28(3)13-17(29)11-16-8-10-31-14-16/h7,9,12,16,30H,4-6,8,10-11,13-15H2,1-3H3/t16-/m0/s1. The van der Waals surface area contributed by atoms with E-state index in [4.69, 9.17) is 19.4 Å². The predicted octanol–water partition coefficient (Wildman–Crippen LogP) is 2.61. The lowest BCUT2D eigenvalue weighted by molar-refractivity contribution is -0.118. The number of hydrogen-bond donors (Lipinski definition) is 1. The van der Waals surface area contributed by atoms with Crippen molar-refractivity contribution in [1.82, 2.24) is 15.0 Å². The van der Waals surface area contributed by atoms with Gasteiger partial charge in [0.05, 0.1) is 12.1 Å². The second-order valence-corrected chi connectivity index (χ2v) is 9.46. The molecule has 0 spiro atoms. The highest BCUT2D eigenvalue weighted by molar-refractivity contribution is 5.83. The van der Waals surface area contributed by atoms with Gasteiger partial charge in [0.15, 0.2) is 11.6 Å². The van der Waals surface area contributed by atoms with E-state index in [-0.39, 0.29) is 12.4 Å². The number of nitrogens with zero attached hydrogens (tertiary/aromatic N) is 4. The molecule has 0 bridgehead atoms. The molecule has 4 rings (SSSR count). The molecule has 8 heteroatoms. The fourth-order valence-electron chi connectivity index (χ4n) is 4.20. The van der Waals surface area contributed by atoms with Crippen molar-refractivity contribution in [2.24, 2.45) is 5.92 Å². The Bertz CT molecular complexity index is 967. The minimum absolute atomic E-state index is 0.170. The third-order valence-electron chi connectivity index (χ3n) is 5.78. The summed E-state index contributed by atoms with van der Waals surface area (Å²) in [6.45, 7) is 5.32. The van der Waals surface area contributed by atoms with Gasteiger partial charge in [-0.3, -0.25) is 9.78 Å². The zero-order chi connectivity index (χ0) is 22.7. The van der Waals surface area contributed by atoms with Crippen LogP contribution in [0.3, 0.4) is 0 Å². The maximum absolute atomic E-state index is 12.6. The fraction of sp³-hybridized carbons (Fsp3) is 0.583. The van der Waals surface area contributed by atoms with Gasteiger partial charge < -0.3 is 19.5 Å². The van der Waals surface area contributed by atoms with Crippen molar-refractivity contribution >= 4 is 11.6 Å². The van der Waals surface area contributed by atoms with E-state index in [0.29, 0.717) is 42.8 Å². The van der Waals surface area contributed by atoms with E-state index in [2.05, 4.69) is 4.98 Å². The molecule has 0 saturated carbocycles. The maximum Gasteiger partial charge on any atom is 0.180 e. The first-order chi connectivity index (χ1) is 15.3. The number of Topliss-reactive ketones (excluding diaryl/α,β-unsaturated/α-hetero) is 1. The summed E-state index contributed by atoms with van der Waals surface area (Å²) in [7, 11) is 1.92. The van der Waals surface area contributed by atoms with Crippen molar-refractivity contribution in [2.75, 3.05) is 38.3 Å². The van der Waals surface area contributed by atoms with Crippen LogP contribution in [0.1, 0.15) is 44.4 Å². The quantitative estimate of drug-likeness (QED) is 0.636. The predicted molar refractivity (Wildman–Crippen MR) is 121 cm³/mol. The Morgan fingerprint density at radius 2 is 2.19 bits per heavy atom. The number of likely N-dealkylation sites (N-methyl/N-ethyl adjacent to an activating group) is 1. The molecule has 1 aliphatic carbocycles. The molecule has 0 unspecified atom stereocenters. The fourth-order valence-corrected chi connectivity index (χ4v) is 4.20. The summed E-state index contributed by atoms with van der Waals surface area (Å²) in [5, 5.41) is 9.92. The van der Waals surface area contributed by atoms with E-state index in [1.807, 2.05) is 11.9 Å². The van der Waals surface area contributed by atoms with Crippen LogP contribution in [0, 0.1) is 5.92 Å². The second kappa shape index (κ2) is 9.50. The molecule has 1 atom stereocenters. The smallest absolute Gasteiger partial charge is 0.180 e. The first-order valence-corrected chi connectivity index (χ1v) is 11.3. The number of fused-ring (bicyclic) bond motifs is 1. The van der Waals surface area contributed by atoms with Crippen LogP contribution in [-0.2, 0) is 22.4 Å². The van der Waals surface area contributed by atoms with Gasteiger partial charge in [-0.25, -0.2) is 9.97 Å². The molecular weight excluding hydrogens is 408 g/mol. The largest absolute Gasteiger partial charge is 0.490 e. The topological polar surface area (TPSA) is 97.7 Å². The van der Waals surface area contributed by atoms with E-state index >= 15 is 0 Å².